The molecule has 0 atom stereocenters. The Balaban J connectivity index is 1.84. The molecule has 1 aromatic heterocycles. The normalized spacial score (nSPS) is 16.1. The summed E-state index contributed by atoms with van der Waals surface area (Å²) in [6, 6.07) is 0. The van der Waals surface area contributed by atoms with Gasteiger partial charge in [-0.05, 0) is 25.2 Å². The van der Waals surface area contributed by atoms with Crippen LogP contribution < -0.4 is 14.8 Å². The van der Waals surface area contributed by atoms with Gasteiger partial charge in [0.15, 0.2) is 0 Å². The van der Waals surface area contributed by atoms with Crippen LogP contribution in [0.15, 0.2) is 5.18 Å². The van der Waals surface area contributed by atoms with Gasteiger partial charge in [0.2, 0.25) is 11.6 Å². The number of hydrogen-bond acceptors (Lipinski definition) is 9. The molecule has 0 unspecified atom stereocenters. The summed E-state index contributed by atoms with van der Waals surface area (Å²) in [6.45, 7) is 6.20. The summed E-state index contributed by atoms with van der Waals surface area (Å²) in [5.41, 5.74) is -0.0296. The van der Waals surface area contributed by atoms with E-state index in [-0.39, 0.29) is 17.4 Å². The van der Waals surface area contributed by atoms with Gasteiger partial charge in [0, 0.05) is 32.7 Å². The van der Waals surface area contributed by atoms with Crippen molar-refractivity contribution >= 4 is 11.6 Å². The van der Waals surface area contributed by atoms with Gasteiger partial charge < -0.3 is 24.6 Å². The van der Waals surface area contributed by atoms with Crippen molar-refractivity contribution in [1.29, 1.82) is 0 Å². The first-order valence-corrected chi connectivity index (χ1v) is 7.66. The molecule has 9 nitrogen and oxygen atoms in total. The van der Waals surface area contributed by atoms with Crippen molar-refractivity contribution in [1.82, 2.24) is 19.8 Å². The van der Waals surface area contributed by atoms with E-state index in [1.165, 1.54) is 14.2 Å². The Bertz CT molecular complexity index is 494. The molecule has 9 heteroatoms. The quantitative estimate of drug-likeness (QED) is 0.558. The fourth-order valence-electron chi connectivity index (χ4n) is 2.43. The van der Waals surface area contributed by atoms with E-state index in [9.17, 15) is 4.91 Å². The number of aromatic nitrogens is 2. The number of hydrogen-bond donors (Lipinski definition) is 1. The van der Waals surface area contributed by atoms with E-state index in [4.69, 9.17) is 9.47 Å². The number of ether oxygens (including phenoxy) is 2. The van der Waals surface area contributed by atoms with Crippen molar-refractivity contribution in [2.24, 2.45) is 5.18 Å². The van der Waals surface area contributed by atoms with E-state index in [1.807, 2.05) is 0 Å². The highest BCUT2D eigenvalue weighted by molar-refractivity contribution is 5.58. The average molecular weight is 324 g/mol. The van der Waals surface area contributed by atoms with E-state index in [0.29, 0.717) is 5.95 Å². The first-order chi connectivity index (χ1) is 11.2. The molecular formula is C14H24N6O3. The van der Waals surface area contributed by atoms with Gasteiger partial charge in [-0.25, -0.2) is 0 Å². The van der Waals surface area contributed by atoms with Crippen molar-refractivity contribution in [2.75, 3.05) is 65.9 Å². The Morgan fingerprint density at radius 2 is 1.74 bits per heavy atom. The van der Waals surface area contributed by atoms with Crippen LogP contribution in [0.4, 0.5) is 11.6 Å². The lowest BCUT2D eigenvalue weighted by molar-refractivity contribution is 0.154. The summed E-state index contributed by atoms with van der Waals surface area (Å²) in [4.78, 5) is 23.9. The first kappa shape index (κ1) is 17.4. The molecule has 0 saturated carbocycles. The van der Waals surface area contributed by atoms with Gasteiger partial charge >= 0.3 is 0 Å². The molecule has 0 bridgehead atoms. The van der Waals surface area contributed by atoms with Crippen molar-refractivity contribution in [3.8, 4) is 11.8 Å². The van der Waals surface area contributed by atoms with Gasteiger partial charge in [-0.1, -0.05) is 0 Å². The summed E-state index contributed by atoms with van der Waals surface area (Å²) < 4.78 is 10.1. The van der Waals surface area contributed by atoms with Crippen molar-refractivity contribution in [3.05, 3.63) is 4.91 Å². The molecule has 1 aliphatic rings. The number of piperazine rings is 1. The highest BCUT2D eigenvalue weighted by Crippen LogP contribution is 2.34. The topological polar surface area (TPSA) is 92.2 Å². The minimum Gasteiger partial charge on any atom is -0.479 e. The smallest absolute Gasteiger partial charge is 0.252 e. The second kappa shape index (κ2) is 8.59. The van der Waals surface area contributed by atoms with Crippen LogP contribution >= 0.6 is 0 Å². The molecular weight excluding hydrogens is 300 g/mol. The zero-order chi connectivity index (χ0) is 16.7. The Morgan fingerprint density at radius 1 is 1.13 bits per heavy atom. The molecule has 1 saturated heterocycles. The zero-order valence-corrected chi connectivity index (χ0v) is 13.9. The summed E-state index contributed by atoms with van der Waals surface area (Å²) in [6.07, 6.45) is 0.978. The fourth-order valence-corrected chi connectivity index (χ4v) is 2.43. The average Bonchev–Trinajstić information content (AvgIpc) is 2.59. The Labute approximate surface area is 136 Å². The summed E-state index contributed by atoms with van der Waals surface area (Å²) in [7, 11) is 5.00. The predicted octanol–water partition coefficient (Wildman–Crippen LogP) is 0.941. The molecule has 0 amide bonds. The molecule has 0 radical (unpaired) electrons. The van der Waals surface area contributed by atoms with Crippen LogP contribution in [0.2, 0.25) is 0 Å². The van der Waals surface area contributed by atoms with E-state index in [1.54, 1.807) is 0 Å². The van der Waals surface area contributed by atoms with Crippen molar-refractivity contribution in [2.45, 2.75) is 6.42 Å². The van der Waals surface area contributed by atoms with Crippen LogP contribution in [0.5, 0.6) is 11.8 Å². The number of anilines is 1. The Morgan fingerprint density at radius 3 is 2.26 bits per heavy atom. The third kappa shape index (κ3) is 4.73. The third-order valence-electron chi connectivity index (χ3n) is 3.83. The summed E-state index contributed by atoms with van der Waals surface area (Å²) >= 11 is 0. The number of nitrogens with zero attached hydrogens (tertiary/aromatic N) is 5. The SMILES string of the molecule is COc1nc(NCCCN2CCN(C)CC2)nc(OC)c1N=O. The van der Waals surface area contributed by atoms with Crippen LogP contribution in [-0.4, -0.2) is 80.3 Å². The van der Waals surface area contributed by atoms with Gasteiger partial charge in [-0.15, -0.1) is 4.91 Å². The Kier molecular flexibility index (Phi) is 6.48. The van der Waals surface area contributed by atoms with Gasteiger partial charge in [0.1, 0.15) is 0 Å². The maximum absolute atomic E-state index is 10.8. The fraction of sp³-hybridized carbons (Fsp3) is 0.714. The highest BCUT2D eigenvalue weighted by Gasteiger charge is 2.17. The molecule has 2 heterocycles. The van der Waals surface area contributed by atoms with Crippen LogP contribution in [0, 0.1) is 4.91 Å². The van der Waals surface area contributed by atoms with E-state index in [0.717, 1.165) is 45.7 Å². The molecule has 1 aromatic rings. The maximum Gasteiger partial charge on any atom is 0.252 e. The molecule has 128 valence electrons. The monoisotopic (exact) mass is 324 g/mol. The molecule has 1 aliphatic heterocycles. The molecule has 1 N–H and O–H groups in total. The lowest BCUT2D eigenvalue weighted by Gasteiger charge is -2.32. The second-order valence-electron chi connectivity index (χ2n) is 5.43. The maximum atomic E-state index is 10.8. The molecule has 1 fully saturated rings. The highest BCUT2D eigenvalue weighted by atomic mass is 16.5. The predicted molar refractivity (Wildman–Crippen MR) is 87.6 cm³/mol. The van der Waals surface area contributed by atoms with Gasteiger partial charge in [0.05, 0.1) is 14.2 Å². The molecule has 0 aliphatic carbocycles. The summed E-state index contributed by atoms with van der Waals surface area (Å²) in [5, 5.41) is 5.98. The van der Waals surface area contributed by atoms with Crippen LogP contribution in [0.25, 0.3) is 0 Å². The lowest BCUT2D eigenvalue weighted by atomic mass is 10.3. The zero-order valence-electron chi connectivity index (χ0n) is 13.9. The number of methoxy groups -OCH3 is 2. The van der Waals surface area contributed by atoms with Crippen molar-refractivity contribution < 1.29 is 9.47 Å². The standard InChI is InChI=1S/C14H24N6O3/c1-19-7-9-20(10-8-19)6-4-5-15-14-16-12(22-2)11(18-21)13(17-14)23-3/h4-10H2,1-3H3,(H,15,16,17). The van der Waals surface area contributed by atoms with Gasteiger partial charge in [-0.2, -0.15) is 9.97 Å². The van der Waals surface area contributed by atoms with Gasteiger partial charge in [0.25, 0.3) is 11.8 Å². The number of likely N-dealkylation sites (N-methyl/N-ethyl adjacent to an activating group) is 1. The summed E-state index contributed by atoms with van der Waals surface area (Å²) in [5.74, 6) is 0.575. The number of nitrogens with one attached hydrogen (secondary N) is 1. The number of nitroso groups, excluding NO2 is 1. The van der Waals surface area contributed by atoms with Crippen LogP contribution in [0.3, 0.4) is 0 Å². The van der Waals surface area contributed by atoms with Crippen LogP contribution in [0.1, 0.15) is 6.42 Å². The minimum atomic E-state index is -0.0296. The van der Waals surface area contributed by atoms with Crippen LogP contribution in [-0.2, 0) is 0 Å². The molecule has 2 rings (SSSR count). The largest absolute Gasteiger partial charge is 0.479 e. The Hall–Kier alpha value is -2.00. The third-order valence-corrected chi connectivity index (χ3v) is 3.83. The van der Waals surface area contributed by atoms with E-state index >= 15 is 0 Å². The lowest BCUT2D eigenvalue weighted by Crippen LogP contribution is -2.44. The van der Waals surface area contributed by atoms with Gasteiger partial charge in [-0.3, -0.25) is 0 Å². The minimum absolute atomic E-state index is 0.0296. The molecule has 23 heavy (non-hydrogen) atoms. The van der Waals surface area contributed by atoms with E-state index < -0.39 is 0 Å². The first-order valence-electron chi connectivity index (χ1n) is 7.66. The number of rotatable bonds is 8. The van der Waals surface area contributed by atoms with Crippen molar-refractivity contribution in [3.63, 3.8) is 0 Å². The molecule has 0 aromatic carbocycles. The second-order valence-corrected chi connectivity index (χ2v) is 5.43. The van der Waals surface area contributed by atoms with E-state index in [2.05, 4.69) is 37.3 Å². The molecule has 0 spiro atoms.